The third kappa shape index (κ3) is 2.25. The number of hydrogen-bond acceptors (Lipinski definition) is 3. The third-order valence-corrected chi connectivity index (χ3v) is 2.04. The highest BCUT2D eigenvalue weighted by atomic mass is 19.1. The number of aromatic amines is 1. The fraction of sp³-hybridized carbons (Fsp3) is 0.100. The average Bonchev–Trinajstić information content (AvgIpc) is 2.72. The quantitative estimate of drug-likeness (QED) is 0.670. The fourth-order valence-electron chi connectivity index (χ4n) is 1.25. The molecule has 0 radical (unpaired) electrons. The molecule has 2 aromatic rings. The van der Waals surface area contributed by atoms with E-state index in [1.165, 1.54) is 18.2 Å². The first-order valence-electron chi connectivity index (χ1n) is 4.52. The van der Waals surface area contributed by atoms with Gasteiger partial charge in [-0.05, 0) is 18.2 Å². The van der Waals surface area contributed by atoms with E-state index in [1.807, 2.05) is 0 Å². The first-order valence-corrected chi connectivity index (χ1v) is 4.52. The van der Waals surface area contributed by atoms with Gasteiger partial charge in [0.25, 0.3) is 0 Å². The summed E-state index contributed by atoms with van der Waals surface area (Å²) >= 11 is 0. The van der Waals surface area contributed by atoms with Crippen LogP contribution in [0.25, 0.3) is 0 Å². The Bertz CT molecular complexity index is 439. The molecule has 78 valence electrons. The molecule has 15 heavy (non-hydrogen) atoms. The van der Waals surface area contributed by atoms with Gasteiger partial charge in [0.2, 0.25) is 0 Å². The fourth-order valence-corrected chi connectivity index (χ4v) is 1.25. The Hall–Kier alpha value is -2.04. The Morgan fingerprint density at radius 2 is 2.33 bits per heavy atom. The molecular weight excluding hydrogens is 195 g/mol. The molecule has 1 aromatic carbocycles. The van der Waals surface area contributed by atoms with Gasteiger partial charge in [0.15, 0.2) is 0 Å². The van der Waals surface area contributed by atoms with Crippen molar-refractivity contribution in [2.45, 2.75) is 6.54 Å². The largest absolute Gasteiger partial charge is 0.397 e. The van der Waals surface area contributed by atoms with Crippen molar-refractivity contribution in [3.63, 3.8) is 0 Å². The lowest BCUT2D eigenvalue weighted by Crippen LogP contribution is -2.03. The molecule has 2 rings (SSSR count). The molecule has 0 atom stereocenters. The second-order valence-corrected chi connectivity index (χ2v) is 3.16. The average molecular weight is 206 g/mol. The highest BCUT2D eigenvalue weighted by Gasteiger charge is 2.01. The summed E-state index contributed by atoms with van der Waals surface area (Å²) in [7, 11) is 0. The van der Waals surface area contributed by atoms with Crippen LogP contribution in [0.5, 0.6) is 0 Å². The van der Waals surface area contributed by atoms with Gasteiger partial charge in [-0.2, -0.15) is 0 Å². The Morgan fingerprint density at radius 3 is 3.07 bits per heavy atom. The summed E-state index contributed by atoms with van der Waals surface area (Å²) in [6.07, 6.45) is 3.29. The first-order chi connectivity index (χ1) is 7.25. The third-order valence-electron chi connectivity index (χ3n) is 2.04. The number of H-pyrrole nitrogens is 1. The van der Waals surface area contributed by atoms with Crippen LogP contribution < -0.4 is 11.1 Å². The minimum Gasteiger partial charge on any atom is -0.397 e. The zero-order valence-electron chi connectivity index (χ0n) is 8.00. The Labute approximate surface area is 86.3 Å². The van der Waals surface area contributed by atoms with Gasteiger partial charge in [0.05, 0.1) is 29.9 Å². The summed E-state index contributed by atoms with van der Waals surface area (Å²) in [4.78, 5) is 6.81. The van der Waals surface area contributed by atoms with E-state index in [-0.39, 0.29) is 5.82 Å². The van der Waals surface area contributed by atoms with Crippen molar-refractivity contribution < 1.29 is 4.39 Å². The van der Waals surface area contributed by atoms with Crippen molar-refractivity contribution in [3.05, 3.63) is 42.2 Å². The van der Waals surface area contributed by atoms with Crippen LogP contribution in [0.3, 0.4) is 0 Å². The van der Waals surface area contributed by atoms with Crippen LogP contribution in [-0.4, -0.2) is 9.97 Å². The van der Waals surface area contributed by atoms with E-state index in [9.17, 15) is 4.39 Å². The van der Waals surface area contributed by atoms with Gasteiger partial charge in [0.1, 0.15) is 5.82 Å². The van der Waals surface area contributed by atoms with Crippen LogP contribution in [0.15, 0.2) is 30.7 Å². The molecule has 0 bridgehead atoms. The maximum atomic E-state index is 12.9. The molecule has 0 aliphatic heterocycles. The number of nitrogens with two attached hydrogens (primary N) is 1. The van der Waals surface area contributed by atoms with Crippen LogP contribution in [0, 0.1) is 5.82 Å². The van der Waals surface area contributed by atoms with E-state index in [0.717, 1.165) is 5.69 Å². The molecule has 1 heterocycles. The standard InChI is InChI=1S/C10H11FN4/c11-7-1-2-9(12)10(3-7)14-5-8-4-13-6-15-8/h1-4,6,14H,5,12H2,(H,13,15). The van der Waals surface area contributed by atoms with Gasteiger partial charge >= 0.3 is 0 Å². The normalized spacial score (nSPS) is 10.2. The van der Waals surface area contributed by atoms with Gasteiger partial charge in [-0.3, -0.25) is 0 Å². The van der Waals surface area contributed by atoms with E-state index < -0.39 is 0 Å². The number of halogens is 1. The van der Waals surface area contributed by atoms with Crippen LogP contribution in [0.1, 0.15) is 5.69 Å². The van der Waals surface area contributed by atoms with Gasteiger partial charge < -0.3 is 16.0 Å². The molecule has 0 aliphatic rings. The number of nitrogen functional groups attached to an aromatic ring is 1. The number of rotatable bonds is 3. The molecule has 0 spiro atoms. The van der Waals surface area contributed by atoms with E-state index >= 15 is 0 Å². The van der Waals surface area contributed by atoms with Crippen molar-refractivity contribution in [3.8, 4) is 0 Å². The van der Waals surface area contributed by atoms with E-state index in [2.05, 4.69) is 15.3 Å². The van der Waals surface area contributed by atoms with Gasteiger partial charge in [-0.25, -0.2) is 9.37 Å². The van der Waals surface area contributed by atoms with Gasteiger partial charge in [-0.15, -0.1) is 0 Å². The number of aromatic nitrogens is 2. The smallest absolute Gasteiger partial charge is 0.125 e. The summed E-state index contributed by atoms with van der Waals surface area (Å²) in [6, 6.07) is 4.23. The molecule has 4 nitrogen and oxygen atoms in total. The molecule has 5 heteroatoms. The predicted octanol–water partition coefficient (Wildman–Crippen LogP) is 1.74. The summed E-state index contributed by atoms with van der Waals surface area (Å²) in [5, 5.41) is 3.02. The monoisotopic (exact) mass is 206 g/mol. The summed E-state index contributed by atoms with van der Waals surface area (Å²) in [5.74, 6) is -0.309. The molecule has 0 fully saturated rings. The lowest BCUT2D eigenvalue weighted by Gasteiger charge is -2.07. The maximum absolute atomic E-state index is 12.9. The second kappa shape index (κ2) is 4.00. The topological polar surface area (TPSA) is 66.7 Å². The molecule has 0 unspecified atom stereocenters. The molecule has 1 aromatic heterocycles. The molecule has 0 saturated carbocycles. The van der Waals surface area contributed by atoms with Crippen LogP contribution in [-0.2, 0) is 6.54 Å². The number of nitrogens with one attached hydrogen (secondary N) is 2. The molecule has 0 aliphatic carbocycles. The number of anilines is 2. The zero-order chi connectivity index (χ0) is 10.7. The molecular formula is C10H11FN4. The molecule has 4 N–H and O–H groups in total. The van der Waals surface area contributed by atoms with Crippen molar-refractivity contribution >= 4 is 11.4 Å². The van der Waals surface area contributed by atoms with Crippen LogP contribution in [0.2, 0.25) is 0 Å². The van der Waals surface area contributed by atoms with Crippen LogP contribution in [0.4, 0.5) is 15.8 Å². The first kappa shape index (κ1) is 9.51. The second-order valence-electron chi connectivity index (χ2n) is 3.16. The van der Waals surface area contributed by atoms with Crippen molar-refractivity contribution in [1.82, 2.24) is 9.97 Å². The number of hydrogen-bond donors (Lipinski definition) is 3. The Balaban J connectivity index is 2.07. The van der Waals surface area contributed by atoms with Crippen molar-refractivity contribution in [2.24, 2.45) is 0 Å². The predicted molar refractivity (Wildman–Crippen MR) is 56.7 cm³/mol. The van der Waals surface area contributed by atoms with Crippen molar-refractivity contribution in [1.29, 1.82) is 0 Å². The van der Waals surface area contributed by atoms with Gasteiger partial charge in [-0.1, -0.05) is 0 Å². The molecule has 0 saturated heterocycles. The van der Waals surface area contributed by atoms with Gasteiger partial charge in [0, 0.05) is 6.20 Å². The SMILES string of the molecule is Nc1ccc(F)cc1NCc1cnc[nH]1. The summed E-state index contributed by atoms with van der Waals surface area (Å²) < 4.78 is 12.9. The van der Waals surface area contributed by atoms with E-state index in [0.29, 0.717) is 17.9 Å². The number of nitrogens with zero attached hydrogens (tertiary/aromatic N) is 1. The zero-order valence-corrected chi connectivity index (χ0v) is 8.00. The number of imidazole rings is 1. The lowest BCUT2D eigenvalue weighted by atomic mass is 10.2. The van der Waals surface area contributed by atoms with Crippen LogP contribution >= 0.6 is 0 Å². The maximum Gasteiger partial charge on any atom is 0.125 e. The summed E-state index contributed by atoms with van der Waals surface area (Å²) in [6.45, 7) is 0.535. The highest BCUT2D eigenvalue weighted by molar-refractivity contribution is 5.65. The van der Waals surface area contributed by atoms with E-state index in [1.54, 1.807) is 12.5 Å². The Morgan fingerprint density at radius 1 is 1.47 bits per heavy atom. The molecule has 0 amide bonds. The van der Waals surface area contributed by atoms with E-state index in [4.69, 9.17) is 5.73 Å². The van der Waals surface area contributed by atoms with Crippen molar-refractivity contribution in [2.75, 3.05) is 11.1 Å². The highest BCUT2D eigenvalue weighted by Crippen LogP contribution is 2.19. The Kier molecular flexibility index (Phi) is 2.53. The minimum absolute atomic E-state index is 0.309. The number of benzene rings is 1. The lowest BCUT2D eigenvalue weighted by molar-refractivity contribution is 0.628. The minimum atomic E-state index is -0.309. The summed E-state index contributed by atoms with van der Waals surface area (Å²) in [5.41, 5.74) is 7.70.